The fourth-order valence-electron chi connectivity index (χ4n) is 6.86. The van der Waals surface area contributed by atoms with E-state index in [0.717, 1.165) is 57.3 Å². The number of phosphoric ester groups is 1. The highest BCUT2D eigenvalue weighted by Gasteiger charge is 2.27. The molecule has 0 radical (unpaired) electrons. The molecule has 0 heterocycles. The third-order valence-electron chi connectivity index (χ3n) is 11.1. The molecular weight excluding hydrogens is 820 g/mol. The van der Waals surface area contributed by atoms with Crippen molar-refractivity contribution in [3.05, 3.63) is 48.6 Å². The molecule has 5 atom stereocenters. The van der Waals surface area contributed by atoms with E-state index in [2.05, 4.69) is 51.2 Å². The largest absolute Gasteiger partial charge is 0.472 e. The van der Waals surface area contributed by atoms with E-state index in [0.29, 0.717) is 25.7 Å². The van der Waals surface area contributed by atoms with E-state index in [-0.39, 0.29) is 25.6 Å². The van der Waals surface area contributed by atoms with Crippen LogP contribution in [0.4, 0.5) is 0 Å². The molecule has 0 aromatic carbocycles. The van der Waals surface area contributed by atoms with Crippen molar-refractivity contribution < 1.29 is 52.9 Å². The number of aliphatic hydroxyl groups excluding tert-OH is 3. The molecule has 0 aliphatic carbocycles. The summed E-state index contributed by atoms with van der Waals surface area (Å²) in [6.45, 7) is 4.52. The zero-order valence-electron chi connectivity index (χ0n) is 40.1. The van der Waals surface area contributed by atoms with Crippen LogP contribution in [0.3, 0.4) is 0 Å². The lowest BCUT2D eigenvalue weighted by Gasteiger charge is -2.20. The SMILES string of the molecule is CCCC(O)C/C=C\C/C=C\C/C=C\C/C=C\CCCC(=O)OC[C@H](COP(=O)(O)OC[C@@H](O)CO)OC(=O)CCCCCCCCCCCCCCCCCCCCC(C)CC. The topological polar surface area (TPSA) is 169 Å². The average Bonchev–Trinajstić information content (AvgIpc) is 3.26. The van der Waals surface area contributed by atoms with Crippen LogP contribution in [0, 0.1) is 5.92 Å². The van der Waals surface area contributed by atoms with Gasteiger partial charge in [-0.2, -0.15) is 0 Å². The molecule has 12 heteroatoms. The van der Waals surface area contributed by atoms with Gasteiger partial charge in [-0.25, -0.2) is 4.57 Å². The zero-order chi connectivity index (χ0) is 46.5. The molecule has 0 aliphatic rings. The lowest BCUT2D eigenvalue weighted by Crippen LogP contribution is -2.29. The Morgan fingerprint density at radius 3 is 1.52 bits per heavy atom. The number of rotatable bonds is 46. The van der Waals surface area contributed by atoms with E-state index in [4.69, 9.17) is 23.6 Å². The van der Waals surface area contributed by atoms with Crippen molar-refractivity contribution in [2.75, 3.05) is 26.4 Å². The molecule has 63 heavy (non-hydrogen) atoms. The van der Waals surface area contributed by atoms with E-state index in [1.54, 1.807) is 0 Å². The van der Waals surface area contributed by atoms with Crippen LogP contribution in [0.5, 0.6) is 0 Å². The number of aliphatic hydroxyl groups is 3. The molecule has 0 spiro atoms. The first kappa shape index (κ1) is 60.9. The van der Waals surface area contributed by atoms with Gasteiger partial charge >= 0.3 is 19.8 Å². The smallest absolute Gasteiger partial charge is 0.462 e. The number of hydrogen-bond acceptors (Lipinski definition) is 10. The van der Waals surface area contributed by atoms with Crippen molar-refractivity contribution in [2.45, 2.75) is 232 Å². The Morgan fingerprint density at radius 1 is 0.556 bits per heavy atom. The third-order valence-corrected chi connectivity index (χ3v) is 12.0. The van der Waals surface area contributed by atoms with E-state index in [9.17, 15) is 29.3 Å². The maximum atomic E-state index is 12.7. The summed E-state index contributed by atoms with van der Waals surface area (Å²) >= 11 is 0. The summed E-state index contributed by atoms with van der Waals surface area (Å²) in [4.78, 5) is 35.1. The van der Waals surface area contributed by atoms with Crippen LogP contribution in [0.2, 0.25) is 0 Å². The number of hydrogen-bond donors (Lipinski definition) is 4. The number of unbranched alkanes of at least 4 members (excludes halogenated alkanes) is 18. The van der Waals surface area contributed by atoms with Gasteiger partial charge in [-0.3, -0.25) is 18.6 Å². The number of esters is 2. The molecule has 4 N–H and O–H groups in total. The van der Waals surface area contributed by atoms with Gasteiger partial charge in [0.1, 0.15) is 12.7 Å². The molecule has 0 rings (SSSR count). The summed E-state index contributed by atoms with van der Waals surface area (Å²) in [5.41, 5.74) is 0. The fourth-order valence-corrected chi connectivity index (χ4v) is 7.65. The predicted molar refractivity (Wildman–Crippen MR) is 257 cm³/mol. The summed E-state index contributed by atoms with van der Waals surface area (Å²) in [6.07, 6.45) is 45.7. The Balaban J connectivity index is 4.27. The van der Waals surface area contributed by atoms with Crippen molar-refractivity contribution >= 4 is 19.8 Å². The van der Waals surface area contributed by atoms with Gasteiger partial charge in [0, 0.05) is 12.8 Å². The molecule has 0 aromatic heterocycles. The van der Waals surface area contributed by atoms with Crippen LogP contribution in [0.25, 0.3) is 0 Å². The number of phosphoric acid groups is 1. The van der Waals surface area contributed by atoms with Crippen molar-refractivity contribution in [1.29, 1.82) is 0 Å². The van der Waals surface area contributed by atoms with Gasteiger partial charge in [-0.1, -0.05) is 198 Å². The third kappa shape index (κ3) is 44.9. The monoisotopic (exact) mass is 913 g/mol. The standard InChI is InChI=1S/C51H93O11P/c1-4-37-47(53)39-34-30-26-22-18-14-12-16-19-23-27-31-35-40-50(55)59-44-49(45-61-63(57,58)60-43-48(54)42-52)62-51(56)41-36-32-28-24-20-15-11-9-7-6-8-10-13-17-21-25-29-33-38-46(3)5-2/h12,16,18,22-23,27,30,34,46-49,52-54H,4-11,13-15,17,19-21,24-26,28-29,31-33,35-45H2,1-3H3,(H,57,58)/b16-12-,22-18-,27-23-,34-30-/t46?,47?,48-,49+/m0/s1. The predicted octanol–water partition coefficient (Wildman–Crippen LogP) is 12.9. The Kier molecular flexibility index (Phi) is 43.6. The van der Waals surface area contributed by atoms with Crippen LogP contribution in [-0.2, 0) is 32.7 Å². The van der Waals surface area contributed by atoms with E-state index in [1.165, 1.54) is 103 Å². The van der Waals surface area contributed by atoms with E-state index < -0.39 is 51.8 Å². The first-order valence-corrected chi connectivity index (χ1v) is 26.6. The first-order chi connectivity index (χ1) is 30.5. The second kappa shape index (κ2) is 45.1. The highest BCUT2D eigenvalue weighted by atomic mass is 31.2. The van der Waals surface area contributed by atoms with Gasteiger partial charge in [0.2, 0.25) is 0 Å². The van der Waals surface area contributed by atoms with Gasteiger partial charge in [0.25, 0.3) is 0 Å². The molecule has 11 nitrogen and oxygen atoms in total. The van der Waals surface area contributed by atoms with Gasteiger partial charge in [-0.05, 0) is 57.3 Å². The van der Waals surface area contributed by atoms with Crippen molar-refractivity contribution in [3.8, 4) is 0 Å². The molecular formula is C51H93O11P. The quantitative estimate of drug-likeness (QED) is 0.0198. The molecule has 0 bridgehead atoms. The van der Waals surface area contributed by atoms with E-state index >= 15 is 0 Å². The maximum Gasteiger partial charge on any atom is 0.472 e. The second-order valence-electron chi connectivity index (χ2n) is 17.3. The average molecular weight is 913 g/mol. The summed E-state index contributed by atoms with van der Waals surface area (Å²) in [5, 5.41) is 28.1. The zero-order valence-corrected chi connectivity index (χ0v) is 41.0. The Labute approximate surface area is 384 Å². The number of allylic oxidation sites excluding steroid dienone is 7. The van der Waals surface area contributed by atoms with E-state index in [1.807, 2.05) is 18.2 Å². The van der Waals surface area contributed by atoms with Crippen LogP contribution >= 0.6 is 7.82 Å². The molecule has 0 amide bonds. The van der Waals surface area contributed by atoms with Crippen molar-refractivity contribution in [2.24, 2.45) is 5.92 Å². The van der Waals surface area contributed by atoms with Gasteiger partial charge in [0.15, 0.2) is 6.10 Å². The first-order valence-electron chi connectivity index (χ1n) is 25.1. The normalized spacial score (nSPS) is 15.1. The van der Waals surface area contributed by atoms with Gasteiger partial charge < -0.3 is 29.7 Å². The molecule has 0 aliphatic heterocycles. The molecule has 0 saturated heterocycles. The minimum absolute atomic E-state index is 0.151. The summed E-state index contributed by atoms with van der Waals surface area (Å²) < 4.78 is 32.8. The molecule has 0 fully saturated rings. The number of ether oxygens (including phenoxy) is 2. The second-order valence-corrected chi connectivity index (χ2v) is 18.7. The van der Waals surface area contributed by atoms with Crippen LogP contribution < -0.4 is 0 Å². The Morgan fingerprint density at radius 2 is 1.02 bits per heavy atom. The Hall–Kier alpha value is -2.11. The molecule has 0 aromatic rings. The summed E-state index contributed by atoms with van der Waals surface area (Å²) in [6, 6.07) is 0. The summed E-state index contributed by atoms with van der Waals surface area (Å²) in [7, 11) is -4.64. The number of carbonyl (C=O) groups excluding carboxylic acids is 2. The minimum atomic E-state index is -4.64. The lowest BCUT2D eigenvalue weighted by molar-refractivity contribution is -0.161. The fraction of sp³-hybridized carbons (Fsp3) is 0.804. The minimum Gasteiger partial charge on any atom is -0.462 e. The highest BCUT2D eigenvalue weighted by molar-refractivity contribution is 7.47. The van der Waals surface area contributed by atoms with Crippen LogP contribution in [0.1, 0.15) is 213 Å². The molecule has 3 unspecified atom stereocenters. The maximum absolute atomic E-state index is 12.7. The van der Waals surface area contributed by atoms with Gasteiger partial charge in [-0.15, -0.1) is 0 Å². The van der Waals surface area contributed by atoms with Crippen LogP contribution in [0.15, 0.2) is 48.6 Å². The molecule has 368 valence electrons. The lowest BCUT2D eigenvalue weighted by atomic mass is 9.99. The number of carbonyl (C=O) groups is 2. The van der Waals surface area contributed by atoms with Crippen molar-refractivity contribution in [1.82, 2.24) is 0 Å². The van der Waals surface area contributed by atoms with Gasteiger partial charge in [0.05, 0.1) is 25.9 Å². The van der Waals surface area contributed by atoms with Crippen molar-refractivity contribution in [3.63, 3.8) is 0 Å². The highest BCUT2D eigenvalue weighted by Crippen LogP contribution is 2.43. The van der Waals surface area contributed by atoms with Crippen LogP contribution in [-0.4, -0.2) is 76.9 Å². The molecule has 0 saturated carbocycles. The summed E-state index contributed by atoms with van der Waals surface area (Å²) in [5.74, 6) is -0.116. The Bertz CT molecular complexity index is 1220.